The third kappa shape index (κ3) is 3.41. The zero-order chi connectivity index (χ0) is 15.5. The van der Waals surface area contributed by atoms with Crippen molar-refractivity contribution in [2.75, 3.05) is 6.79 Å². The van der Waals surface area contributed by atoms with Gasteiger partial charge in [-0.05, 0) is 68.9 Å². The molecule has 5 nitrogen and oxygen atoms in total. The maximum absolute atomic E-state index is 12.0. The van der Waals surface area contributed by atoms with Crippen LogP contribution in [0.3, 0.4) is 0 Å². The van der Waals surface area contributed by atoms with Crippen molar-refractivity contribution in [2.45, 2.75) is 0 Å². The topological polar surface area (TPSA) is 59.9 Å². The number of benzene rings is 2. The van der Waals surface area contributed by atoms with Gasteiger partial charge in [-0.1, -0.05) is 6.07 Å². The third-order valence-electron chi connectivity index (χ3n) is 2.95. The van der Waals surface area contributed by atoms with Crippen LogP contribution in [0.4, 0.5) is 0 Å². The molecule has 0 unspecified atom stereocenters. The van der Waals surface area contributed by atoms with Gasteiger partial charge in [-0.3, -0.25) is 4.79 Å². The lowest BCUT2D eigenvalue weighted by Crippen LogP contribution is -2.17. The number of hydrazone groups is 1. The molecule has 1 aliphatic rings. The lowest BCUT2D eigenvalue weighted by atomic mass is 10.2. The first kappa shape index (κ1) is 15.3. The summed E-state index contributed by atoms with van der Waals surface area (Å²) in [7, 11) is 0. The number of nitrogens with one attached hydrogen (secondary N) is 1. The molecule has 1 amide bonds. The van der Waals surface area contributed by atoms with Crippen molar-refractivity contribution in [1.29, 1.82) is 0 Å². The van der Waals surface area contributed by atoms with E-state index in [-0.39, 0.29) is 12.7 Å². The maximum Gasteiger partial charge on any atom is 0.271 e. The molecular formula is C15H10BrIN2O3. The minimum absolute atomic E-state index is 0.214. The minimum Gasteiger partial charge on any atom is -0.454 e. The van der Waals surface area contributed by atoms with Gasteiger partial charge in [0.25, 0.3) is 5.91 Å². The fourth-order valence-corrected chi connectivity index (χ4v) is 2.85. The van der Waals surface area contributed by atoms with E-state index in [1.807, 2.05) is 18.2 Å². The summed E-state index contributed by atoms with van der Waals surface area (Å²) in [5, 5.41) is 3.98. The Bertz CT molecular complexity index is 764. The Hall–Kier alpha value is -1.61. The molecule has 112 valence electrons. The average Bonchev–Trinajstić information content (AvgIpc) is 2.94. The van der Waals surface area contributed by atoms with Gasteiger partial charge in [0.1, 0.15) is 0 Å². The summed E-state index contributed by atoms with van der Waals surface area (Å²) < 4.78 is 12.4. The van der Waals surface area contributed by atoms with Gasteiger partial charge in [0, 0.05) is 19.2 Å². The molecule has 2 aromatic carbocycles. The zero-order valence-electron chi connectivity index (χ0n) is 11.2. The standard InChI is InChI=1S/C15H10BrIN2O3/c16-12-6-14-13(21-8-22-14)5-10(12)7-18-19-15(20)9-2-1-3-11(17)4-9/h1-7H,8H2,(H,19,20)/b18-7-. The molecule has 0 aromatic heterocycles. The Morgan fingerprint density at radius 3 is 2.82 bits per heavy atom. The third-order valence-corrected chi connectivity index (χ3v) is 4.31. The van der Waals surface area contributed by atoms with E-state index >= 15 is 0 Å². The van der Waals surface area contributed by atoms with Gasteiger partial charge >= 0.3 is 0 Å². The minimum atomic E-state index is -0.258. The molecule has 1 aliphatic heterocycles. The molecule has 0 fully saturated rings. The first-order valence-corrected chi connectivity index (χ1v) is 8.19. The van der Waals surface area contributed by atoms with Gasteiger partial charge in [0.15, 0.2) is 11.5 Å². The largest absolute Gasteiger partial charge is 0.454 e. The molecule has 0 aliphatic carbocycles. The van der Waals surface area contributed by atoms with Crippen LogP contribution < -0.4 is 14.9 Å². The summed E-state index contributed by atoms with van der Waals surface area (Å²) in [6.45, 7) is 0.214. The number of carbonyl (C=O) groups is 1. The highest BCUT2D eigenvalue weighted by Crippen LogP contribution is 2.36. The van der Waals surface area contributed by atoms with Gasteiger partial charge in [0.2, 0.25) is 6.79 Å². The van der Waals surface area contributed by atoms with Crippen LogP contribution in [0.2, 0.25) is 0 Å². The second-order valence-corrected chi connectivity index (χ2v) is 6.54. The number of fused-ring (bicyclic) bond motifs is 1. The molecule has 0 bridgehead atoms. The van der Waals surface area contributed by atoms with Gasteiger partial charge in [0.05, 0.1) is 6.21 Å². The number of rotatable bonds is 3. The lowest BCUT2D eigenvalue weighted by Gasteiger charge is -2.02. The summed E-state index contributed by atoms with van der Waals surface area (Å²) in [5.74, 6) is 1.09. The Kier molecular flexibility index (Phi) is 4.63. The fourth-order valence-electron chi connectivity index (χ4n) is 1.89. The molecule has 1 N–H and O–H groups in total. The summed E-state index contributed by atoms with van der Waals surface area (Å²) in [4.78, 5) is 12.0. The predicted molar refractivity (Wildman–Crippen MR) is 94.5 cm³/mol. The van der Waals surface area contributed by atoms with Gasteiger partial charge in [-0.15, -0.1) is 0 Å². The highest BCUT2D eigenvalue weighted by atomic mass is 127. The zero-order valence-corrected chi connectivity index (χ0v) is 14.9. The molecular weight excluding hydrogens is 463 g/mol. The van der Waals surface area contributed by atoms with Crippen molar-refractivity contribution < 1.29 is 14.3 Å². The van der Waals surface area contributed by atoms with Crippen molar-refractivity contribution in [3.8, 4) is 11.5 Å². The van der Waals surface area contributed by atoms with Crippen LogP contribution in [0, 0.1) is 3.57 Å². The molecule has 0 radical (unpaired) electrons. The molecule has 2 aromatic rings. The smallest absolute Gasteiger partial charge is 0.271 e. The Morgan fingerprint density at radius 2 is 2.05 bits per heavy atom. The molecule has 0 saturated carbocycles. The van der Waals surface area contributed by atoms with Crippen LogP contribution in [-0.2, 0) is 0 Å². The van der Waals surface area contributed by atoms with Crippen LogP contribution in [0.1, 0.15) is 15.9 Å². The van der Waals surface area contributed by atoms with E-state index in [2.05, 4.69) is 49.0 Å². The highest BCUT2D eigenvalue weighted by molar-refractivity contribution is 14.1. The van der Waals surface area contributed by atoms with Gasteiger partial charge < -0.3 is 9.47 Å². The summed E-state index contributed by atoms with van der Waals surface area (Å²) >= 11 is 5.59. The number of halogens is 2. The second kappa shape index (κ2) is 6.66. The SMILES string of the molecule is O=C(N/N=C\c1cc2c(cc1Br)OCO2)c1cccc(I)c1. The van der Waals surface area contributed by atoms with Gasteiger partial charge in [-0.2, -0.15) is 5.10 Å². The molecule has 3 rings (SSSR count). The van der Waals surface area contributed by atoms with Gasteiger partial charge in [-0.25, -0.2) is 5.43 Å². The van der Waals surface area contributed by atoms with E-state index in [9.17, 15) is 4.79 Å². The van der Waals surface area contributed by atoms with Crippen LogP contribution in [-0.4, -0.2) is 18.9 Å². The molecule has 0 spiro atoms. The summed E-state index contributed by atoms with van der Waals surface area (Å²) in [6, 6.07) is 10.9. The average molecular weight is 473 g/mol. The number of hydrogen-bond donors (Lipinski definition) is 1. The maximum atomic E-state index is 12.0. The van der Waals surface area contributed by atoms with Crippen molar-refractivity contribution in [3.05, 3.63) is 55.6 Å². The van der Waals surface area contributed by atoms with Crippen LogP contribution >= 0.6 is 38.5 Å². The monoisotopic (exact) mass is 472 g/mol. The van der Waals surface area contributed by atoms with E-state index in [1.54, 1.807) is 24.4 Å². The fraction of sp³-hybridized carbons (Fsp3) is 0.0667. The van der Waals surface area contributed by atoms with E-state index in [1.165, 1.54) is 0 Å². The predicted octanol–water partition coefficient (Wildman–Crippen LogP) is 3.55. The van der Waals surface area contributed by atoms with Crippen molar-refractivity contribution in [1.82, 2.24) is 5.43 Å². The van der Waals surface area contributed by atoms with E-state index in [4.69, 9.17) is 9.47 Å². The first-order chi connectivity index (χ1) is 10.6. The molecule has 7 heteroatoms. The number of nitrogens with zero attached hydrogens (tertiary/aromatic N) is 1. The number of hydrogen-bond acceptors (Lipinski definition) is 4. The molecule has 1 heterocycles. The van der Waals surface area contributed by atoms with Crippen LogP contribution in [0.15, 0.2) is 46.0 Å². The Labute approximate surface area is 149 Å². The van der Waals surface area contributed by atoms with Crippen LogP contribution in [0.5, 0.6) is 11.5 Å². The van der Waals surface area contributed by atoms with E-state index in [0.717, 1.165) is 13.6 Å². The number of amides is 1. The molecule has 0 atom stereocenters. The Balaban J connectivity index is 1.71. The number of carbonyl (C=O) groups excluding carboxylic acids is 1. The highest BCUT2D eigenvalue weighted by Gasteiger charge is 2.15. The van der Waals surface area contributed by atoms with Crippen molar-refractivity contribution in [2.24, 2.45) is 5.10 Å². The number of ether oxygens (including phenoxy) is 2. The molecule has 22 heavy (non-hydrogen) atoms. The Morgan fingerprint density at radius 1 is 1.27 bits per heavy atom. The second-order valence-electron chi connectivity index (χ2n) is 4.44. The van der Waals surface area contributed by atoms with E-state index in [0.29, 0.717) is 17.1 Å². The molecule has 0 saturated heterocycles. The van der Waals surface area contributed by atoms with Crippen molar-refractivity contribution in [3.63, 3.8) is 0 Å². The van der Waals surface area contributed by atoms with Crippen molar-refractivity contribution >= 4 is 50.6 Å². The quantitative estimate of drug-likeness (QED) is 0.422. The van der Waals surface area contributed by atoms with Crippen LogP contribution in [0.25, 0.3) is 0 Å². The summed E-state index contributed by atoms with van der Waals surface area (Å²) in [5.41, 5.74) is 3.85. The van der Waals surface area contributed by atoms with E-state index < -0.39 is 0 Å². The summed E-state index contributed by atoms with van der Waals surface area (Å²) in [6.07, 6.45) is 1.55. The lowest BCUT2D eigenvalue weighted by molar-refractivity contribution is 0.0955. The first-order valence-electron chi connectivity index (χ1n) is 6.31. The normalized spacial score (nSPS) is 12.6.